The van der Waals surface area contributed by atoms with Crippen molar-refractivity contribution >= 4 is 5.91 Å². The van der Waals surface area contributed by atoms with Crippen LogP contribution in [0.4, 0.5) is 0 Å². The Balaban J connectivity index is 1.96. The Morgan fingerprint density at radius 1 is 1.64 bits per heavy atom. The number of carbonyl (C=O) groups excluding carboxylic acids is 1. The molecule has 0 radical (unpaired) electrons. The molecule has 0 aliphatic heterocycles. The highest BCUT2D eigenvalue weighted by atomic mass is 16.5. The smallest absolute Gasteiger partial charge is 0.220 e. The van der Waals surface area contributed by atoms with E-state index in [9.17, 15) is 4.79 Å². The van der Waals surface area contributed by atoms with Crippen molar-refractivity contribution in [3.63, 3.8) is 0 Å². The van der Waals surface area contributed by atoms with Crippen LogP contribution in [0.3, 0.4) is 0 Å². The van der Waals surface area contributed by atoms with Gasteiger partial charge in [0.2, 0.25) is 5.91 Å². The number of nitrogens with one attached hydrogen (secondary N) is 1. The van der Waals surface area contributed by atoms with Gasteiger partial charge in [0.25, 0.3) is 0 Å². The van der Waals surface area contributed by atoms with Crippen LogP contribution >= 0.6 is 0 Å². The van der Waals surface area contributed by atoms with Crippen LogP contribution in [-0.2, 0) is 9.53 Å². The summed E-state index contributed by atoms with van der Waals surface area (Å²) in [4.78, 5) is 11.2. The second-order valence-electron chi connectivity index (χ2n) is 3.90. The maximum atomic E-state index is 11.2. The first-order valence-electron chi connectivity index (χ1n) is 5.25. The van der Waals surface area contributed by atoms with Gasteiger partial charge in [0, 0.05) is 32.7 Å². The number of ether oxygens (including phenoxy) is 1. The van der Waals surface area contributed by atoms with Gasteiger partial charge in [-0.05, 0) is 25.2 Å². The van der Waals surface area contributed by atoms with Gasteiger partial charge in [0.1, 0.15) is 0 Å². The highest BCUT2D eigenvalue weighted by molar-refractivity contribution is 5.75. The Labute approximate surface area is 85.2 Å². The van der Waals surface area contributed by atoms with E-state index in [1.54, 1.807) is 7.11 Å². The van der Waals surface area contributed by atoms with Crippen LogP contribution < -0.4 is 11.1 Å². The van der Waals surface area contributed by atoms with E-state index in [1.807, 2.05) is 0 Å². The first kappa shape index (κ1) is 11.5. The minimum Gasteiger partial charge on any atom is -0.385 e. The molecule has 0 heterocycles. The molecule has 82 valence electrons. The Hall–Kier alpha value is -0.610. The molecule has 1 fully saturated rings. The van der Waals surface area contributed by atoms with E-state index in [0.717, 1.165) is 6.42 Å². The third-order valence-electron chi connectivity index (χ3n) is 2.51. The molecule has 3 N–H and O–H groups in total. The van der Waals surface area contributed by atoms with Crippen LogP contribution in [0.1, 0.15) is 25.7 Å². The molecular formula is C10H20N2O2. The van der Waals surface area contributed by atoms with Crippen molar-refractivity contribution in [2.24, 2.45) is 11.7 Å². The molecule has 1 atom stereocenters. The monoisotopic (exact) mass is 200 g/mol. The number of methoxy groups -OCH3 is 1. The zero-order valence-corrected chi connectivity index (χ0v) is 8.79. The lowest BCUT2D eigenvalue weighted by Gasteiger charge is -2.11. The number of amides is 1. The van der Waals surface area contributed by atoms with Crippen LogP contribution in [0, 0.1) is 5.92 Å². The van der Waals surface area contributed by atoms with Crippen LogP contribution in [-0.4, -0.2) is 32.2 Å². The summed E-state index contributed by atoms with van der Waals surface area (Å²) < 4.78 is 4.86. The third-order valence-corrected chi connectivity index (χ3v) is 2.51. The van der Waals surface area contributed by atoms with Gasteiger partial charge in [-0.25, -0.2) is 0 Å². The van der Waals surface area contributed by atoms with E-state index in [-0.39, 0.29) is 11.9 Å². The van der Waals surface area contributed by atoms with Gasteiger partial charge in [0.05, 0.1) is 0 Å². The molecule has 1 rings (SSSR count). The fourth-order valence-electron chi connectivity index (χ4n) is 1.39. The molecule has 1 aliphatic rings. The largest absolute Gasteiger partial charge is 0.385 e. The maximum absolute atomic E-state index is 11.2. The summed E-state index contributed by atoms with van der Waals surface area (Å²) in [5.41, 5.74) is 5.84. The summed E-state index contributed by atoms with van der Waals surface area (Å²) in [6, 6.07) is 0.154. The Bertz CT molecular complexity index is 181. The second-order valence-corrected chi connectivity index (χ2v) is 3.90. The minimum atomic E-state index is 0.0816. The Morgan fingerprint density at radius 3 is 2.93 bits per heavy atom. The zero-order chi connectivity index (χ0) is 10.4. The van der Waals surface area contributed by atoms with Crippen molar-refractivity contribution < 1.29 is 9.53 Å². The molecule has 14 heavy (non-hydrogen) atoms. The van der Waals surface area contributed by atoms with Crippen molar-refractivity contribution in [3.8, 4) is 0 Å². The van der Waals surface area contributed by atoms with E-state index in [1.165, 1.54) is 12.8 Å². The molecule has 0 aromatic rings. The van der Waals surface area contributed by atoms with Gasteiger partial charge in [-0.2, -0.15) is 0 Å². The number of rotatable bonds is 7. The molecule has 0 aromatic carbocycles. The lowest BCUT2D eigenvalue weighted by Crippen LogP contribution is -2.38. The van der Waals surface area contributed by atoms with Crippen molar-refractivity contribution in [3.05, 3.63) is 0 Å². The molecule has 1 unspecified atom stereocenters. The molecule has 4 nitrogen and oxygen atoms in total. The lowest BCUT2D eigenvalue weighted by atomic mass is 10.2. The van der Waals surface area contributed by atoms with Crippen molar-refractivity contribution in [2.75, 3.05) is 20.3 Å². The zero-order valence-electron chi connectivity index (χ0n) is 8.79. The topological polar surface area (TPSA) is 64.3 Å². The molecule has 1 amide bonds. The van der Waals surface area contributed by atoms with Crippen LogP contribution in [0.5, 0.6) is 0 Å². The van der Waals surface area contributed by atoms with Gasteiger partial charge >= 0.3 is 0 Å². The summed E-state index contributed by atoms with van der Waals surface area (Å²) in [6.45, 7) is 1.26. The summed E-state index contributed by atoms with van der Waals surface area (Å²) in [6.07, 6.45) is 3.76. The first-order chi connectivity index (χ1) is 6.74. The van der Waals surface area contributed by atoms with E-state index >= 15 is 0 Å². The Morgan fingerprint density at radius 2 is 2.36 bits per heavy atom. The van der Waals surface area contributed by atoms with E-state index in [0.29, 0.717) is 25.5 Å². The molecule has 0 spiro atoms. The third kappa shape index (κ3) is 4.58. The summed E-state index contributed by atoms with van der Waals surface area (Å²) >= 11 is 0. The highest BCUT2D eigenvalue weighted by Crippen LogP contribution is 2.31. The number of hydrogen-bond acceptors (Lipinski definition) is 3. The summed E-state index contributed by atoms with van der Waals surface area (Å²) in [5.74, 6) is 0.729. The van der Waals surface area contributed by atoms with E-state index in [4.69, 9.17) is 10.5 Å². The average Bonchev–Trinajstić information content (AvgIpc) is 2.98. The summed E-state index contributed by atoms with van der Waals surface area (Å²) in [7, 11) is 1.64. The number of carbonyl (C=O) groups is 1. The van der Waals surface area contributed by atoms with Gasteiger partial charge in [-0.1, -0.05) is 0 Å². The quantitative estimate of drug-likeness (QED) is 0.580. The van der Waals surface area contributed by atoms with Crippen LogP contribution in [0.25, 0.3) is 0 Å². The minimum absolute atomic E-state index is 0.0816. The highest BCUT2D eigenvalue weighted by Gasteiger charge is 2.28. The predicted octanol–water partition coefficient (Wildman–Crippen LogP) is 0.267. The van der Waals surface area contributed by atoms with Crippen molar-refractivity contribution in [2.45, 2.75) is 31.7 Å². The average molecular weight is 200 g/mol. The normalized spacial score (nSPS) is 17.9. The molecule has 0 aromatic heterocycles. The van der Waals surface area contributed by atoms with Crippen LogP contribution in [0.2, 0.25) is 0 Å². The second kappa shape index (κ2) is 5.98. The first-order valence-corrected chi connectivity index (χ1v) is 5.25. The van der Waals surface area contributed by atoms with Gasteiger partial charge in [-0.15, -0.1) is 0 Å². The molecular weight excluding hydrogens is 180 g/mol. The summed E-state index contributed by atoms with van der Waals surface area (Å²) in [5, 5.41) is 2.84. The van der Waals surface area contributed by atoms with E-state index in [2.05, 4.69) is 5.32 Å². The number of hydrogen-bond donors (Lipinski definition) is 2. The fraction of sp³-hybridized carbons (Fsp3) is 0.900. The Kier molecular flexibility index (Phi) is 4.90. The van der Waals surface area contributed by atoms with Gasteiger partial charge < -0.3 is 15.8 Å². The molecule has 0 saturated heterocycles. The van der Waals surface area contributed by atoms with Gasteiger partial charge in [0.15, 0.2) is 0 Å². The molecule has 0 bridgehead atoms. The van der Waals surface area contributed by atoms with Crippen LogP contribution in [0.15, 0.2) is 0 Å². The van der Waals surface area contributed by atoms with Crippen molar-refractivity contribution in [1.29, 1.82) is 0 Å². The molecule has 1 aliphatic carbocycles. The standard InChI is InChI=1S/C10H20N2O2/c1-14-6-2-3-10(13)12-7-9(11)8-4-5-8/h8-9H,2-7,11H2,1H3,(H,12,13). The fourth-order valence-corrected chi connectivity index (χ4v) is 1.39. The van der Waals surface area contributed by atoms with E-state index < -0.39 is 0 Å². The molecule has 4 heteroatoms. The SMILES string of the molecule is COCCCC(=O)NCC(N)C1CC1. The number of nitrogens with two attached hydrogens (primary N) is 1. The van der Waals surface area contributed by atoms with Gasteiger partial charge in [-0.3, -0.25) is 4.79 Å². The maximum Gasteiger partial charge on any atom is 0.220 e. The molecule has 1 saturated carbocycles. The predicted molar refractivity (Wildman–Crippen MR) is 54.8 cm³/mol. The van der Waals surface area contributed by atoms with Crippen molar-refractivity contribution in [1.82, 2.24) is 5.32 Å². The lowest BCUT2D eigenvalue weighted by molar-refractivity contribution is -0.121.